The molecule has 0 saturated heterocycles. The van der Waals surface area contributed by atoms with E-state index in [0.29, 0.717) is 5.02 Å². The first-order valence-electron chi connectivity index (χ1n) is 5.01. The Morgan fingerprint density at radius 3 is 2.44 bits per heavy atom. The zero-order chi connectivity index (χ0) is 11.6. The van der Waals surface area contributed by atoms with E-state index in [1.54, 1.807) is 30.3 Å². The Morgan fingerprint density at radius 1 is 1.25 bits per heavy atom. The highest BCUT2D eigenvalue weighted by molar-refractivity contribution is 7.92. The van der Waals surface area contributed by atoms with Gasteiger partial charge in [-0.15, -0.1) is 0 Å². The summed E-state index contributed by atoms with van der Waals surface area (Å²) in [5.41, 5.74) is 0.811. The van der Waals surface area contributed by atoms with Crippen LogP contribution in [0.2, 0.25) is 5.02 Å². The largest absolute Gasteiger partial charge is 0.233 e. The standard InChI is InChI=1S/C11H12ClNO2S/c12-10-3-1-9(2-4-10)7-8-16(14,15)13-11-5-6-11/h1-4,7-8,11,13H,5-6H2/b8-7+. The molecule has 0 unspecified atom stereocenters. The third-order valence-electron chi connectivity index (χ3n) is 2.22. The van der Waals surface area contributed by atoms with Crippen LogP contribution >= 0.6 is 11.6 Å². The number of nitrogens with one attached hydrogen (secondary N) is 1. The fourth-order valence-electron chi connectivity index (χ4n) is 1.21. The van der Waals surface area contributed by atoms with Crippen LogP contribution in [0.3, 0.4) is 0 Å². The number of hydrogen-bond donors (Lipinski definition) is 1. The predicted molar refractivity (Wildman–Crippen MR) is 65.6 cm³/mol. The van der Waals surface area contributed by atoms with Gasteiger partial charge in [0.15, 0.2) is 0 Å². The second kappa shape index (κ2) is 4.57. The van der Waals surface area contributed by atoms with Gasteiger partial charge in [-0.1, -0.05) is 23.7 Å². The van der Waals surface area contributed by atoms with Gasteiger partial charge in [0.1, 0.15) is 0 Å². The van der Waals surface area contributed by atoms with E-state index in [9.17, 15) is 8.42 Å². The first-order valence-corrected chi connectivity index (χ1v) is 6.93. The van der Waals surface area contributed by atoms with Crippen LogP contribution < -0.4 is 4.72 Å². The molecule has 1 aromatic carbocycles. The van der Waals surface area contributed by atoms with Crippen molar-refractivity contribution in [3.8, 4) is 0 Å². The summed E-state index contributed by atoms with van der Waals surface area (Å²) in [6, 6.07) is 7.13. The maximum absolute atomic E-state index is 11.5. The van der Waals surface area contributed by atoms with Gasteiger partial charge in [-0.3, -0.25) is 0 Å². The van der Waals surface area contributed by atoms with Crippen molar-refractivity contribution in [1.29, 1.82) is 0 Å². The van der Waals surface area contributed by atoms with E-state index in [1.807, 2.05) is 0 Å². The van der Waals surface area contributed by atoms with Crippen molar-refractivity contribution >= 4 is 27.7 Å². The lowest BCUT2D eigenvalue weighted by atomic mass is 10.2. The Labute approximate surface area is 100 Å². The Balaban J connectivity index is 2.04. The average Bonchev–Trinajstić information content (AvgIpc) is 3.00. The van der Waals surface area contributed by atoms with Crippen LogP contribution in [0.5, 0.6) is 0 Å². The molecule has 0 aliphatic heterocycles. The normalized spacial score (nSPS) is 16.8. The van der Waals surface area contributed by atoms with Crippen LogP contribution in [-0.2, 0) is 10.0 Å². The van der Waals surface area contributed by atoms with Crippen molar-refractivity contribution in [3.05, 3.63) is 40.3 Å². The molecule has 0 spiro atoms. The molecule has 1 aliphatic rings. The van der Waals surface area contributed by atoms with Gasteiger partial charge in [0.05, 0.1) is 0 Å². The molecule has 16 heavy (non-hydrogen) atoms. The van der Waals surface area contributed by atoms with Gasteiger partial charge in [0.2, 0.25) is 10.0 Å². The highest BCUT2D eigenvalue weighted by Crippen LogP contribution is 2.20. The van der Waals surface area contributed by atoms with Crippen LogP contribution in [0, 0.1) is 0 Å². The van der Waals surface area contributed by atoms with Crippen LogP contribution in [0.4, 0.5) is 0 Å². The lowest BCUT2D eigenvalue weighted by Crippen LogP contribution is -2.23. The minimum absolute atomic E-state index is 0.139. The first-order chi connectivity index (χ1) is 7.55. The Bertz CT molecular complexity index is 489. The summed E-state index contributed by atoms with van der Waals surface area (Å²) in [7, 11) is -3.29. The van der Waals surface area contributed by atoms with Crippen molar-refractivity contribution in [3.63, 3.8) is 0 Å². The number of benzene rings is 1. The van der Waals surface area contributed by atoms with Gasteiger partial charge in [-0.05, 0) is 36.6 Å². The molecule has 0 heterocycles. The van der Waals surface area contributed by atoms with Gasteiger partial charge in [-0.2, -0.15) is 0 Å². The van der Waals surface area contributed by atoms with E-state index in [0.717, 1.165) is 18.4 Å². The molecule has 1 fully saturated rings. The van der Waals surface area contributed by atoms with E-state index >= 15 is 0 Å². The summed E-state index contributed by atoms with van der Waals surface area (Å²) < 4.78 is 25.6. The molecule has 1 aliphatic carbocycles. The fraction of sp³-hybridized carbons (Fsp3) is 0.273. The summed E-state index contributed by atoms with van der Waals surface area (Å²) in [6.45, 7) is 0. The number of rotatable bonds is 4. The van der Waals surface area contributed by atoms with Gasteiger partial charge >= 0.3 is 0 Å². The zero-order valence-corrected chi connectivity index (χ0v) is 10.1. The van der Waals surface area contributed by atoms with E-state index in [1.165, 1.54) is 5.41 Å². The molecule has 0 bridgehead atoms. The van der Waals surface area contributed by atoms with Crippen molar-refractivity contribution in [1.82, 2.24) is 4.72 Å². The minimum Gasteiger partial charge on any atom is -0.209 e. The molecule has 0 atom stereocenters. The van der Waals surface area contributed by atoms with Crippen LogP contribution in [-0.4, -0.2) is 14.5 Å². The minimum atomic E-state index is -3.29. The SMILES string of the molecule is O=S(=O)(/C=C/c1ccc(Cl)cc1)NC1CC1. The van der Waals surface area contributed by atoms with Crippen molar-refractivity contribution in [2.45, 2.75) is 18.9 Å². The third-order valence-corrected chi connectivity index (χ3v) is 3.63. The summed E-state index contributed by atoms with van der Waals surface area (Å²) in [5, 5.41) is 1.82. The Kier molecular flexibility index (Phi) is 3.33. The molecule has 1 saturated carbocycles. The van der Waals surface area contributed by atoms with E-state index < -0.39 is 10.0 Å². The van der Waals surface area contributed by atoms with Crippen molar-refractivity contribution < 1.29 is 8.42 Å². The molecule has 86 valence electrons. The topological polar surface area (TPSA) is 46.2 Å². The molecule has 5 heteroatoms. The highest BCUT2D eigenvalue weighted by Gasteiger charge is 2.25. The molecular weight excluding hydrogens is 246 g/mol. The van der Waals surface area contributed by atoms with E-state index in [4.69, 9.17) is 11.6 Å². The Morgan fingerprint density at radius 2 is 1.88 bits per heavy atom. The molecule has 1 aromatic rings. The molecule has 0 amide bonds. The van der Waals surface area contributed by atoms with Gasteiger partial charge in [0.25, 0.3) is 0 Å². The maximum atomic E-state index is 11.5. The molecule has 1 N–H and O–H groups in total. The monoisotopic (exact) mass is 257 g/mol. The van der Waals surface area contributed by atoms with Crippen LogP contribution in [0.15, 0.2) is 29.7 Å². The van der Waals surface area contributed by atoms with E-state index in [-0.39, 0.29) is 6.04 Å². The average molecular weight is 258 g/mol. The number of halogens is 1. The summed E-state index contributed by atoms with van der Waals surface area (Å²) in [5.74, 6) is 0. The van der Waals surface area contributed by atoms with Crippen LogP contribution in [0.1, 0.15) is 18.4 Å². The smallest absolute Gasteiger partial charge is 0.209 e. The number of sulfonamides is 1. The second-order valence-corrected chi connectivity index (χ2v) is 5.83. The van der Waals surface area contributed by atoms with E-state index in [2.05, 4.69) is 4.72 Å². The third kappa shape index (κ3) is 3.63. The second-order valence-electron chi connectivity index (χ2n) is 3.79. The zero-order valence-electron chi connectivity index (χ0n) is 8.56. The predicted octanol–water partition coefficient (Wildman–Crippen LogP) is 2.39. The fourth-order valence-corrected chi connectivity index (χ4v) is 2.46. The number of hydrogen-bond acceptors (Lipinski definition) is 2. The van der Waals surface area contributed by atoms with Crippen LogP contribution in [0.25, 0.3) is 6.08 Å². The molecule has 0 aromatic heterocycles. The van der Waals surface area contributed by atoms with Gasteiger partial charge < -0.3 is 0 Å². The van der Waals surface area contributed by atoms with Gasteiger partial charge in [-0.25, -0.2) is 13.1 Å². The summed E-state index contributed by atoms with van der Waals surface area (Å²) >= 11 is 5.72. The van der Waals surface area contributed by atoms with Crippen molar-refractivity contribution in [2.24, 2.45) is 0 Å². The first kappa shape index (κ1) is 11.6. The Hall–Kier alpha value is -0.840. The highest BCUT2D eigenvalue weighted by atomic mass is 35.5. The summed E-state index contributed by atoms with van der Waals surface area (Å²) in [6.07, 6.45) is 3.43. The maximum Gasteiger partial charge on any atom is 0.233 e. The molecule has 0 radical (unpaired) electrons. The molecule has 3 nitrogen and oxygen atoms in total. The summed E-state index contributed by atoms with van der Waals surface area (Å²) in [4.78, 5) is 0. The van der Waals surface area contributed by atoms with Crippen molar-refractivity contribution in [2.75, 3.05) is 0 Å². The molecule has 2 rings (SSSR count). The lowest BCUT2D eigenvalue weighted by Gasteiger charge is -1.99. The quantitative estimate of drug-likeness (QED) is 0.900. The molecular formula is C11H12ClNO2S. The lowest BCUT2D eigenvalue weighted by molar-refractivity contribution is 0.590. The van der Waals surface area contributed by atoms with Gasteiger partial charge in [0, 0.05) is 16.5 Å².